The molecule has 0 aliphatic heterocycles. The summed E-state index contributed by atoms with van der Waals surface area (Å²) in [6.45, 7) is 4.65. The summed E-state index contributed by atoms with van der Waals surface area (Å²) in [6.07, 6.45) is -4.80. The quantitative estimate of drug-likeness (QED) is 0.299. The average molecular weight is 554 g/mol. The van der Waals surface area contributed by atoms with E-state index in [1.54, 1.807) is 75.4 Å². The van der Waals surface area contributed by atoms with Crippen LogP contribution in [0.15, 0.2) is 83.8 Å². The summed E-state index contributed by atoms with van der Waals surface area (Å²) in [4.78, 5) is 12.8. The van der Waals surface area contributed by atoms with E-state index in [0.717, 1.165) is 22.5 Å². The van der Waals surface area contributed by atoms with Crippen LogP contribution in [-0.4, -0.2) is 30.3 Å². The normalized spacial score (nSPS) is 13.4. The molecule has 0 fully saturated rings. The Kier molecular flexibility index (Phi) is 8.72. The van der Waals surface area contributed by atoms with Crippen molar-refractivity contribution in [3.63, 3.8) is 0 Å². The molecule has 3 aromatic rings. The molecule has 0 unspecified atom stereocenters. The van der Waals surface area contributed by atoms with Crippen LogP contribution in [0.2, 0.25) is 5.02 Å². The third-order valence-electron chi connectivity index (χ3n) is 5.32. The molecule has 0 aliphatic carbocycles. The number of hydrogen-bond donors (Lipinski definition) is 0. The Morgan fingerprint density at radius 2 is 1.54 bits per heavy atom. The summed E-state index contributed by atoms with van der Waals surface area (Å²) in [5, 5.41) is 0.420. The summed E-state index contributed by atoms with van der Waals surface area (Å²) >= 11 is 5.97. The number of alkyl halides is 3. The average Bonchev–Trinajstić information content (AvgIpc) is 2.81. The number of sulfonamides is 1. The number of benzene rings is 3. The van der Waals surface area contributed by atoms with E-state index in [0.29, 0.717) is 22.2 Å². The lowest BCUT2D eigenvalue weighted by Gasteiger charge is -2.32. The maximum atomic E-state index is 13.9. The van der Waals surface area contributed by atoms with Crippen LogP contribution in [-0.2, 0) is 38.7 Å². The second-order valence-corrected chi connectivity index (χ2v) is 11.8. The van der Waals surface area contributed by atoms with Gasteiger partial charge in [0.05, 0.1) is 10.5 Å². The van der Waals surface area contributed by atoms with Crippen molar-refractivity contribution < 1.29 is 31.1 Å². The summed E-state index contributed by atoms with van der Waals surface area (Å²) in [5.74, 6) is -0.819. The maximum Gasteiger partial charge on any atom is 0.416 e. The van der Waals surface area contributed by atoms with Crippen LogP contribution in [0, 0.1) is 0 Å². The number of nitrogens with zero attached hydrogens (tertiary/aromatic N) is 1. The zero-order valence-electron chi connectivity index (χ0n) is 20.5. The summed E-state index contributed by atoms with van der Waals surface area (Å²) in [6, 6.07) is 17.1. The third-order valence-corrected chi connectivity index (χ3v) is 7.42. The highest BCUT2D eigenvalue weighted by Crippen LogP contribution is 2.32. The van der Waals surface area contributed by atoms with Gasteiger partial charge >= 0.3 is 12.1 Å². The van der Waals surface area contributed by atoms with Crippen LogP contribution < -0.4 is 0 Å². The zero-order chi connectivity index (χ0) is 27.4. The Labute approximate surface area is 219 Å². The summed E-state index contributed by atoms with van der Waals surface area (Å²) in [7, 11) is -4.61. The third kappa shape index (κ3) is 7.80. The van der Waals surface area contributed by atoms with Gasteiger partial charge in [0.15, 0.2) is 0 Å². The lowest BCUT2D eigenvalue weighted by atomic mass is 10.0. The smallest absolute Gasteiger partial charge is 0.416 e. The molecule has 5 nitrogen and oxygen atoms in total. The molecule has 0 spiro atoms. The van der Waals surface area contributed by atoms with E-state index < -0.39 is 44.3 Å². The van der Waals surface area contributed by atoms with Gasteiger partial charge in [0.2, 0.25) is 10.0 Å². The Bertz CT molecular complexity index is 1320. The number of hydrogen-bond acceptors (Lipinski definition) is 4. The highest BCUT2D eigenvalue weighted by atomic mass is 35.5. The van der Waals surface area contributed by atoms with Gasteiger partial charge in [0.25, 0.3) is 0 Å². The molecule has 3 rings (SSSR count). The fourth-order valence-electron chi connectivity index (χ4n) is 3.61. The Balaban J connectivity index is 2.17. The van der Waals surface area contributed by atoms with Crippen LogP contribution in [0.4, 0.5) is 13.2 Å². The van der Waals surface area contributed by atoms with Crippen LogP contribution in [0.5, 0.6) is 0 Å². The largest absolute Gasteiger partial charge is 0.459 e. The molecule has 10 heteroatoms. The van der Waals surface area contributed by atoms with Gasteiger partial charge in [-0.3, -0.25) is 4.79 Å². The van der Waals surface area contributed by atoms with E-state index in [-0.39, 0.29) is 13.0 Å². The number of ether oxygens (including phenoxy) is 1. The maximum absolute atomic E-state index is 13.9. The van der Waals surface area contributed by atoms with E-state index in [9.17, 15) is 26.4 Å². The number of halogens is 4. The molecule has 0 amide bonds. The Morgan fingerprint density at radius 1 is 0.919 bits per heavy atom. The van der Waals surface area contributed by atoms with Crippen LogP contribution in [0.1, 0.15) is 37.5 Å². The fraction of sp³-hybridized carbons (Fsp3) is 0.296. The van der Waals surface area contributed by atoms with Gasteiger partial charge in [0.1, 0.15) is 11.6 Å². The first-order valence-corrected chi connectivity index (χ1v) is 13.2. The molecule has 0 aromatic heterocycles. The van der Waals surface area contributed by atoms with Crippen molar-refractivity contribution >= 4 is 27.6 Å². The minimum atomic E-state index is -4.75. The number of esters is 1. The van der Waals surface area contributed by atoms with Gasteiger partial charge in [-0.2, -0.15) is 17.5 Å². The fourth-order valence-corrected chi connectivity index (χ4v) is 5.35. The van der Waals surface area contributed by atoms with Crippen molar-refractivity contribution in [1.82, 2.24) is 4.31 Å². The van der Waals surface area contributed by atoms with Crippen LogP contribution in [0.3, 0.4) is 0 Å². The van der Waals surface area contributed by atoms with E-state index in [1.165, 1.54) is 0 Å². The number of carbonyl (C=O) groups excluding carboxylic acids is 1. The molecule has 0 saturated heterocycles. The van der Waals surface area contributed by atoms with E-state index in [1.807, 2.05) is 0 Å². The van der Waals surface area contributed by atoms with Gasteiger partial charge in [-0.1, -0.05) is 60.1 Å². The van der Waals surface area contributed by atoms with E-state index in [2.05, 4.69) is 0 Å². The van der Waals surface area contributed by atoms with Gasteiger partial charge in [-0.25, -0.2) is 8.42 Å². The van der Waals surface area contributed by atoms with Crippen molar-refractivity contribution in [2.45, 2.75) is 56.5 Å². The highest BCUT2D eigenvalue weighted by Gasteiger charge is 2.40. The first-order valence-electron chi connectivity index (χ1n) is 11.4. The number of rotatable bonds is 8. The van der Waals surface area contributed by atoms with Crippen molar-refractivity contribution in [1.29, 1.82) is 0 Å². The SMILES string of the molecule is CC(C)(C)OC(=O)[C@H](Cc1ccccc1)N(Cc1ccc(Cl)cc1)S(=O)(=O)c1cccc(C(F)(F)F)c1. The molecule has 37 heavy (non-hydrogen) atoms. The van der Waals surface area contributed by atoms with Crippen molar-refractivity contribution in [2.75, 3.05) is 0 Å². The molecular formula is C27H27ClF3NO4S. The molecule has 0 N–H and O–H groups in total. The molecular weight excluding hydrogens is 527 g/mol. The highest BCUT2D eigenvalue weighted by molar-refractivity contribution is 7.89. The van der Waals surface area contributed by atoms with Gasteiger partial charge in [-0.05, 0) is 68.7 Å². The van der Waals surface area contributed by atoms with Crippen molar-refractivity contribution in [3.8, 4) is 0 Å². The first-order chi connectivity index (χ1) is 17.2. The second-order valence-electron chi connectivity index (χ2n) is 9.44. The summed E-state index contributed by atoms with van der Waals surface area (Å²) < 4.78 is 74.5. The first kappa shape index (κ1) is 28.7. The molecule has 1 atom stereocenters. The van der Waals surface area contributed by atoms with Crippen LogP contribution in [0.25, 0.3) is 0 Å². The van der Waals surface area contributed by atoms with Crippen molar-refractivity contribution in [3.05, 3.63) is 101 Å². The monoisotopic (exact) mass is 553 g/mol. The number of carbonyl (C=O) groups is 1. The molecule has 0 bridgehead atoms. The standard InChI is InChI=1S/C27H27ClF3NO4S/c1-26(2,3)36-25(33)24(16-19-8-5-4-6-9-19)32(18-20-12-14-22(28)15-13-20)37(34,35)23-11-7-10-21(17-23)27(29,30)31/h4-15,17,24H,16,18H2,1-3H3/t24-/m0/s1. The van der Waals surface area contributed by atoms with E-state index in [4.69, 9.17) is 16.3 Å². The van der Waals surface area contributed by atoms with Crippen molar-refractivity contribution in [2.24, 2.45) is 0 Å². The second kappa shape index (κ2) is 11.2. The van der Waals surface area contributed by atoms with E-state index >= 15 is 0 Å². The van der Waals surface area contributed by atoms with Gasteiger partial charge in [0, 0.05) is 11.6 Å². The topological polar surface area (TPSA) is 63.7 Å². The van der Waals surface area contributed by atoms with Gasteiger partial charge < -0.3 is 4.74 Å². The molecule has 0 saturated carbocycles. The Hall–Kier alpha value is -2.88. The molecule has 0 aliphatic rings. The molecule has 0 heterocycles. The lowest BCUT2D eigenvalue weighted by molar-refractivity contribution is -0.159. The predicted molar refractivity (Wildman–Crippen MR) is 135 cm³/mol. The minimum absolute atomic E-state index is 0.0540. The lowest BCUT2D eigenvalue weighted by Crippen LogP contribution is -2.48. The Morgan fingerprint density at radius 3 is 2.11 bits per heavy atom. The molecule has 198 valence electrons. The molecule has 0 radical (unpaired) electrons. The zero-order valence-corrected chi connectivity index (χ0v) is 22.1. The predicted octanol–water partition coefficient (Wildman–Crippen LogP) is 6.50. The minimum Gasteiger partial charge on any atom is -0.459 e. The van der Waals surface area contributed by atoms with Gasteiger partial charge in [-0.15, -0.1) is 0 Å². The summed E-state index contributed by atoms with van der Waals surface area (Å²) in [5.41, 5.74) is -0.907. The van der Waals surface area contributed by atoms with Crippen LogP contribution >= 0.6 is 11.6 Å². The molecule has 3 aromatic carbocycles.